The van der Waals surface area contributed by atoms with Crippen LogP contribution in [0.3, 0.4) is 0 Å². The van der Waals surface area contributed by atoms with Gasteiger partial charge < -0.3 is 5.32 Å². The number of nitrogens with zero attached hydrogens (tertiary/aromatic N) is 3. The Morgan fingerprint density at radius 1 is 1.36 bits per heavy atom. The average molecular weight is 347 g/mol. The highest BCUT2D eigenvalue weighted by Gasteiger charge is 2.10. The fourth-order valence-corrected chi connectivity index (χ4v) is 1.75. The highest BCUT2D eigenvalue weighted by molar-refractivity contribution is 5.86. The molecule has 130 valence electrons. The number of H-pyrrole nitrogens is 2. The molecule has 0 unspecified atom stereocenters. The summed E-state index contributed by atoms with van der Waals surface area (Å²) in [7, 11) is 0. The minimum atomic E-state index is -0.738. The first-order chi connectivity index (χ1) is 12.0. The van der Waals surface area contributed by atoms with Gasteiger partial charge in [0.2, 0.25) is 11.7 Å². The molecule has 1 aromatic carbocycles. The minimum absolute atomic E-state index is 0.0472. The monoisotopic (exact) mass is 347 g/mol. The minimum Gasteiger partial charge on any atom is -0.364 e. The van der Waals surface area contributed by atoms with E-state index in [1.54, 1.807) is 6.07 Å². The molecule has 1 heterocycles. The molecule has 0 aliphatic rings. The first-order valence-corrected chi connectivity index (χ1v) is 6.95. The van der Waals surface area contributed by atoms with Crippen LogP contribution in [-0.4, -0.2) is 38.8 Å². The van der Waals surface area contributed by atoms with Gasteiger partial charge in [0.15, 0.2) is 0 Å². The fourth-order valence-electron chi connectivity index (χ4n) is 1.75. The molecule has 12 heteroatoms. The summed E-state index contributed by atoms with van der Waals surface area (Å²) in [6, 6.07) is 5.94. The molecule has 0 saturated carbocycles. The molecular formula is C13H13N7O5. The lowest BCUT2D eigenvalue weighted by molar-refractivity contribution is -0.385. The van der Waals surface area contributed by atoms with Crippen molar-refractivity contribution >= 4 is 23.6 Å². The third-order valence-corrected chi connectivity index (χ3v) is 2.88. The maximum Gasteiger partial charge on any atom is 0.342 e. The fraction of sp³-hybridized carbons (Fsp3) is 0.154. The third kappa shape index (κ3) is 5.09. The van der Waals surface area contributed by atoms with Crippen LogP contribution in [0.2, 0.25) is 0 Å². The lowest BCUT2D eigenvalue weighted by atomic mass is 10.2. The second-order valence-corrected chi connectivity index (χ2v) is 4.64. The quantitative estimate of drug-likeness (QED) is 0.291. The molecule has 0 fully saturated rings. The van der Waals surface area contributed by atoms with Crippen molar-refractivity contribution in [1.29, 1.82) is 0 Å². The van der Waals surface area contributed by atoms with Crippen molar-refractivity contribution in [2.45, 2.75) is 6.42 Å². The Labute approximate surface area is 139 Å². The molecule has 12 nitrogen and oxygen atoms in total. The van der Waals surface area contributed by atoms with Crippen LogP contribution in [0, 0.1) is 10.1 Å². The smallest absolute Gasteiger partial charge is 0.342 e. The normalized spacial score (nSPS) is 10.6. The van der Waals surface area contributed by atoms with Gasteiger partial charge in [0.25, 0.3) is 11.2 Å². The zero-order valence-electron chi connectivity index (χ0n) is 12.7. The predicted octanol–water partition coefficient (Wildman–Crippen LogP) is -0.681. The van der Waals surface area contributed by atoms with Crippen LogP contribution < -0.4 is 22.0 Å². The number of hydrogen-bond donors (Lipinski definition) is 4. The van der Waals surface area contributed by atoms with Gasteiger partial charge in [-0.1, -0.05) is 12.1 Å². The maximum absolute atomic E-state index is 11.6. The summed E-state index contributed by atoms with van der Waals surface area (Å²) in [5.74, 6) is -0.612. The molecule has 0 aliphatic carbocycles. The van der Waals surface area contributed by atoms with Crippen molar-refractivity contribution in [3.05, 3.63) is 60.8 Å². The summed E-state index contributed by atoms with van der Waals surface area (Å²) >= 11 is 0. The number of nitro groups is 1. The van der Waals surface area contributed by atoms with E-state index >= 15 is 0 Å². The molecule has 0 saturated heterocycles. The van der Waals surface area contributed by atoms with Crippen molar-refractivity contribution in [3.8, 4) is 0 Å². The summed E-state index contributed by atoms with van der Waals surface area (Å²) < 4.78 is 0. The molecule has 2 aromatic rings. The molecule has 0 spiro atoms. The second kappa shape index (κ2) is 8.14. The van der Waals surface area contributed by atoms with Gasteiger partial charge in [0.1, 0.15) is 0 Å². The van der Waals surface area contributed by atoms with Gasteiger partial charge in [-0.2, -0.15) is 5.10 Å². The molecule has 0 atom stereocenters. The van der Waals surface area contributed by atoms with Gasteiger partial charge in [-0.15, -0.1) is 5.10 Å². The largest absolute Gasteiger partial charge is 0.364 e. The van der Waals surface area contributed by atoms with Crippen molar-refractivity contribution < 1.29 is 9.72 Å². The lowest BCUT2D eigenvalue weighted by Crippen LogP contribution is -2.28. The van der Waals surface area contributed by atoms with Gasteiger partial charge in [0, 0.05) is 19.0 Å². The van der Waals surface area contributed by atoms with Crippen LogP contribution in [0.25, 0.3) is 0 Å². The van der Waals surface area contributed by atoms with E-state index in [2.05, 4.69) is 20.9 Å². The Balaban J connectivity index is 1.84. The molecule has 1 amide bonds. The van der Waals surface area contributed by atoms with Gasteiger partial charge in [-0.25, -0.2) is 15.3 Å². The maximum atomic E-state index is 11.6. The van der Waals surface area contributed by atoms with E-state index in [1.165, 1.54) is 18.2 Å². The number of hydrogen-bond acceptors (Lipinski definition) is 8. The molecule has 2 rings (SSSR count). The number of hydrazone groups is 1. The Hall–Kier alpha value is -3.83. The van der Waals surface area contributed by atoms with Crippen LogP contribution >= 0.6 is 0 Å². The first-order valence-electron chi connectivity index (χ1n) is 6.95. The number of aromatic nitrogens is 3. The van der Waals surface area contributed by atoms with Crippen molar-refractivity contribution in [3.63, 3.8) is 0 Å². The number of nitrogens with one attached hydrogen (secondary N) is 4. The van der Waals surface area contributed by atoms with Crippen LogP contribution in [0.5, 0.6) is 0 Å². The van der Waals surface area contributed by atoms with Gasteiger partial charge in [-0.3, -0.25) is 24.7 Å². The van der Waals surface area contributed by atoms with Crippen LogP contribution in [-0.2, 0) is 4.79 Å². The van der Waals surface area contributed by atoms with Crippen LogP contribution in [0.4, 0.5) is 11.5 Å². The Morgan fingerprint density at radius 3 is 2.84 bits per heavy atom. The van der Waals surface area contributed by atoms with Crippen LogP contribution in [0.1, 0.15) is 12.0 Å². The number of carbonyl (C=O) groups excluding carboxylic acids is 1. The summed E-state index contributed by atoms with van der Waals surface area (Å²) in [6.07, 6.45) is 1.12. The zero-order valence-corrected chi connectivity index (χ0v) is 12.7. The van der Waals surface area contributed by atoms with Gasteiger partial charge >= 0.3 is 5.69 Å². The third-order valence-electron chi connectivity index (χ3n) is 2.88. The number of benzene rings is 1. The molecular weight excluding hydrogens is 334 g/mol. The summed E-state index contributed by atoms with van der Waals surface area (Å²) in [5.41, 5.74) is 0.875. The van der Waals surface area contributed by atoms with Crippen molar-refractivity contribution in [1.82, 2.24) is 20.6 Å². The van der Waals surface area contributed by atoms with E-state index in [9.17, 15) is 24.5 Å². The number of anilines is 1. The highest BCUT2D eigenvalue weighted by atomic mass is 16.6. The summed E-state index contributed by atoms with van der Waals surface area (Å²) in [5, 5.41) is 22.6. The standard InChI is InChI=1S/C13H13N7O5/c21-10(5-6-14-11-12(22)16-13(23)19-18-11)17-15-7-8-3-1-2-4-9(8)20(24)25/h1-4,7H,5-6H2,(H,14,18)(H,17,21)(H2,16,19,22,23)/b15-7+. The van der Waals surface area contributed by atoms with E-state index in [-0.39, 0.29) is 30.0 Å². The molecule has 25 heavy (non-hydrogen) atoms. The number of amides is 1. The Kier molecular flexibility index (Phi) is 5.71. The van der Waals surface area contributed by atoms with Crippen molar-refractivity contribution in [2.75, 3.05) is 11.9 Å². The van der Waals surface area contributed by atoms with Crippen molar-refractivity contribution in [2.24, 2.45) is 5.10 Å². The molecule has 1 aromatic heterocycles. The molecule has 0 radical (unpaired) electrons. The van der Waals surface area contributed by atoms with Crippen LogP contribution in [0.15, 0.2) is 39.0 Å². The Morgan fingerprint density at radius 2 is 2.12 bits per heavy atom. The summed E-state index contributed by atoms with van der Waals surface area (Å²) in [4.78, 5) is 46.0. The highest BCUT2D eigenvalue weighted by Crippen LogP contribution is 2.14. The predicted molar refractivity (Wildman–Crippen MR) is 87.4 cm³/mol. The van der Waals surface area contributed by atoms with E-state index in [0.29, 0.717) is 0 Å². The number of aromatic amines is 2. The second-order valence-electron chi connectivity index (χ2n) is 4.64. The average Bonchev–Trinajstić information content (AvgIpc) is 2.57. The van der Waals surface area contributed by atoms with Gasteiger partial charge in [0.05, 0.1) is 16.7 Å². The number of para-hydroxylation sites is 1. The topological polar surface area (TPSA) is 175 Å². The first kappa shape index (κ1) is 17.5. The van der Waals surface area contributed by atoms with E-state index < -0.39 is 22.1 Å². The van der Waals surface area contributed by atoms with Gasteiger partial charge in [-0.05, 0) is 6.07 Å². The number of rotatable bonds is 7. The lowest BCUT2D eigenvalue weighted by Gasteiger charge is -2.03. The zero-order chi connectivity index (χ0) is 18.2. The van der Waals surface area contributed by atoms with E-state index in [1.807, 2.05) is 10.1 Å². The number of carbonyl (C=O) groups is 1. The van der Waals surface area contributed by atoms with E-state index in [4.69, 9.17) is 0 Å². The molecule has 0 bridgehead atoms. The Bertz CT molecular complexity index is 917. The summed E-state index contributed by atoms with van der Waals surface area (Å²) in [6.45, 7) is 0.0644. The van der Waals surface area contributed by atoms with E-state index in [0.717, 1.165) is 6.21 Å². The number of nitro benzene ring substituents is 1. The molecule has 0 aliphatic heterocycles. The SMILES string of the molecule is O=C(CCNc1n[nH]c(=O)[nH]c1=O)N/N=C/c1ccccc1[N+](=O)[O-]. The molecule has 4 N–H and O–H groups in total.